The van der Waals surface area contributed by atoms with E-state index < -0.39 is 48.3 Å². The summed E-state index contributed by atoms with van der Waals surface area (Å²) in [5.74, 6) is -2.56. The van der Waals surface area contributed by atoms with Gasteiger partial charge in [-0.2, -0.15) is 0 Å². The molecule has 106 valence electrons. The maximum Gasteiger partial charge on any atom is 0.573 e. The van der Waals surface area contributed by atoms with Gasteiger partial charge in [-0.15, -0.1) is 13.2 Å². The van der Waals surface area contributed by atoms with E-state index in [1.54, 1.807) is 0 Å². The largest absolute Gasteiger partial charge is 0.573 e. The number of carbonyl (C=O) groups is 1. The fourth-order valence-corrected chi connectivity index (χ4v) is 1.21. The molecule has 9 heteroatoms. The number of aromatic hydroxyl groups is 1. The van der Waals surface area contributed by atoms with Crippen LogP contribution in [0, 0.1) is 0 Å². The van der Waals surface area contributed by atoms with Gasteiger partial charge in [-0.05, 0) is 0 Å². The molecule has 0 aliphatic carbocycles. The number of methoxy groups -OCH3 is 1. The zero-order valence-electron chi connectivity index (χ0n) is 9.62. The van der Waals surface area contributed by atoms with Crippen molar-refractivity contribution in [1.29, 1.82) is 0 Å². The van der Waals surface area contributed by atoms with Crippen molar-refractivity contribution in [2.24, 2.45) is 0 Å². The lowest BCUT2D eigenvalue weighted by Gasteiger charge is -2.13. The van der Waals surface area contributed by atoms with Crippen molar-refractivity contribution in [2.75, 3.05) is 7.11 Å². The molecule has 5 nitrogen and oxygen atoms in total. The third kappa shape index (κ3) is 4.27. The van der Waals surface area contributed by atoms with Crippen LogP contribution in [-0.4, -0.2) is 29.5 Å². The molecule has 19 heavy (non-hydrogen) atoms. The Bertz CT molecular complexity index is 475. The van der Waals surface area contributed by atoms with Crippen LogP contribution in [0.25, 0.3) is 0 Å². The van der Waals surface area contributed by atoms with E-state index in [0.717, 1.165) is 7.11 Å². The number of aromatic nitrogens is 1. The summed E-state index contributed by atoms with van der Waals surface area (Å²) in [6.45, 7) is -1.20. The first-order valence-electron chi connectivity index (χ1n) is 4.87. The van der Waals surface area contributed by atoms with Crippen molar-refractivity contribution in [3.8, 4) is 11.5 Å². The van der Waals surface area contributed by atoms with Gasteiger partial charge in [0.2, 0.25) is 0 Å². The summed E-state index contributed by atoms with van der Waals surface area (Å²) in [7, 11) is 1.03. The van der Waals surface area contributed by atoms with E-state index in [2.05, 4.69) is 14.5 Å². The third-order valence-corrected chi connectivity index (χ3v) is 2.01. The molecular formula is C10H9F4NO4. The zero-order valence-corrected chi connectivity index (χ0v) is 9.62. The summed E-state index contributed by atoms with van der Waals surface area (Å²) in [4.78, 5) is 14.4. The monoisotopic (exact) mass is 283 g/mol. The first-order valence-corrected chi connectivity index (χ1v) is 4.87. The summed E-state index contributed by atoms with van der Waals surface area (Å²) in [6, 6.07) is 0.549. The number of alkyl halides is 4. The Balaban J connectivity index is 3.18. The number of esters is 1. The topological polar surface area (TPSA) is 68.7 Å². The fraction of sp³-hybridized carbons (Fsp3) is 0.400. The van der Waals surface area contributed by atoms with E-state index in [1.807, 2.05) is 0 Å². The Morgan fingerprint density at radius 3 is 2.53 bits per heavy atom. The summed E-state index contributed by atoms with van der Waals surface area (Å²) in [6.07, 6.45) is -5.68. The van der Waals surface area contributed by atoms with Gasteiger partial charge >= 0.3 is 12.3 Å². The molecule has 0 aliphatic rings. The predicted octanol–water partition coefficient (Wildman–Crippen LogP) is 1.87. The standard InChI is InChI=1S/C10H9F4NO4/c1-18-9(17)2-5-8(19-10(12,13)14)3-7(16)6(4-11)15-5/h3,16H,2,4H2,1H3. The van der Waals surface area contributed by atoms with Crippen LogP contribution in [0.4, 0.5) is 17.6 Å². The van der Waals surface area contributed by atoms with Crippen LogP contribution in [0.3, 0.4) is 0 Å². The van der Waals surface area contributed by atoms with E-state index in [4.69, 9.17) is 0 Å². The molecule has 0 aromatic carbocycles. The normalized spacial score (nSPS) is 11.2. The summed E-state index contributed by atoms with van der Waals surface area (Å²) < 4.78 is 56.7. The first-order chi connectivity index (χ1) is 8.76. The van der Waals surface area contributed by atoms with Crippen LogP contribution < -0.4 is 4.74 Å². The Morgan fingerprint density at radius 2 is 2.05 bits per heavy atom. The SMILES string of the molecule is COC(=O)Cc1nc(CF)c(O)cc1OC(F)(F)F. The smallest absolute Gasteiger partial charge is 0.506 e. The maximum atomic E-state index is 12.5. The molecule has 0 spiro atoms. The van der Waals surface area contributed by atoms with E-state index in [0.29, 0.717) is 6.07 Å². The second-order valence-electron chi connectivity index (χ2n) is 3.33. The highest BCUT2D eigenvalue weighted by molar-refractivity contribution is 5.72. The molecule has 0 unspecified atom stereocenters. The van der Waals surface area contributed by atoms with Gasteiger partial charge < -0.3 is 14.6 Å². The number of nitrogens with zero attached hydrogens (tertiary/aromatic N) is 1. The highest BCUT2D eigenvalue weighted by Gasteiger charge is 2.33. The van der Waals surface area contributed by atoms with Crippen molar-refractivity contribution < 1.29 is 36.9 Å². The Kier molecular flexibility index (Phi) is 4.52. The predicted molar refractivity (Wildman–Crippen MR) is 53.1 cm³/mol. The van der Waals surface area contributed by atoms with Crippen molar-refractivity contribution >= 4 is 5.97 Å². The first kappa shape index (κ1) is 15.0. The summed E-state index contributed by atoms with van der Waals surface area (Å²) >= 11 is 0. The Labute approximate surface area is 104 Å². The van der Waals surface area contributed by atoms with Crippen molar-refractivity contribution in [3.63, 3.8) is 0 Å². The average Bonchev–Trinajstić information content (AvgIpc) is 2.30. The molecule has 0 atom stereocenters. The second-order valence-corrected chi connectivity index (χ2v) is 3.33. The minimum atomic E-state index is -5.03. The molecule has 1 rings (SSSR count). The zero-order chi connectivity index (χ0) is 14.6. The minimum absolute atomic E-state index is 0.477. The number of halogens is 4. The van der Waals surface area contributed by atoms with Crippen LogP contribution in [0.1, 0.15) is 11.4 Å². The molecule has 0 fully saturated rings. The van der Waals surface area contributed by atoms with Crippen molar-refractivity contribution in [1.82, 2.24) is 4.98 Å². The van der Waals surface area contributed by atoms with Gasteiger partial charge in [0.15, 0.2) is 5.75 Å². The Morgan fingerprint density at radius 1 is 1.42 bits per heavy atom. The molecular weight excluding hydrogens is 274 g/mol. The number of pyridine rings is 1. The lowest BCUT2D eigenvalue weighted by atomic mass is 10.2. The van der Waals surface area contributed by atoms with Crippen molar-refractivity contribution in [2.45, 2.75) is 19.5 Å². The summed E-state index contributed by atoms with van der Waals surface area (Å²) in [5.41, 5.74) is -0.969. The van der Waals surface area contributed by atoms with Crippen molar-refractivity contribution in [3.05, 3.63) is 17.5 Å². The lowest BCUT2D eigenvalue weighted by molar-refractivity contribution is -0.275. The molecule has 0 bridgehead atoms. The average molecular weight is 283 g/mol. The van der Waals surface area contributed by atoms with Crippen LogP contribution in [0.5, 0.6) is 11.5 Å². The van der Waals surface area contributed by atoms with Crippen LogP contribution in [-0.2, 0) is 22.6 Å². The van der Waals surface area contributed by atoms with Gasteiger partial charge in [0.05, 0.1) is 19.2 Å². The second kappa shape index (κ2) is 5.72. The Hall–Kier alpha value is -2.06. The molecule has 1 aromatic heterocycles. The van der Waals surface area contributed by atoms with Gasteiger partial charge in [0.1, 0.15) is 18.1 Å². The van der Waals surface area contributed by atoms with Crippen LogP contribution in [0.2, 0.25) is 0 Å². The molecule has 0 radical (unpaired) electrons. The van der Waals surface area contributed by atoms with Gasteiger partial charge in [-0.25, -0.2) is 9.37 Å². The number of ether oxygens (including phenoxy) is 2. The van der Waals surface area contributed by atoms with Gasteiger partial charge in [0, 0.05) is 6.07 Å². The minimum Gasteiger partial charge on any atom is -0.506 e. The van der Waals surface area contributed by atoms with Crippen LogP contribution >= 0.6 is 0 Å². The number of carbonyl (C=O) groups excluding carboxylic acids is 1. The number of rotatable bonds is 4. The molecule has 0 saturated carbocycles. The van der Waals surface area contributed by atoms with Gasteiger partial charge in [-0.3, -0.25) is 4.79 Å². The maximum absolute atomic E-state index is 12.5. The van der Waals surface area contributed by atoms with E-state index >= 15 is 0 Å². The lowest BCUT2D eigenvalue weighted by Crippen LogP contribution is -2.20. The van der Waals surface area contributed by atoms with Gasteiger partial charge in [-0.1, -0.05) is 0 Å². The molecule has 0 saturated heterocycles. The molecule has 1 aromatic rings. The van der Waals surface area contributed by atoms with E-state index in [-0.39, 0.29) is 0 Å². The molecule has 1 N–H and O–H groups in total. The molecule has 0 amide bonds. The third-order valence-electron chi connectivity index (χ3n) is 2.01. The number of hydrogen-bond acceptors (Lipinski definition) is 5. The number of hydrogen-bond donors (Lipinski definition) is 1. The highest BCUT2D eigenvalue weighted by Crippen LogP contribution is 2.31. The van der Waals surface area contributed by atoms with E-state index in [1.165, 1.54) is 0 Å². The van der Waals surface area contributed by atoms with Crippen LogP contribution in [0.15, 0.2) is 6.07 Å². The van der Waals surface area contributed by atoms with E-state index in [9.17, 15) is 27.5 Å². The molecule has 0 aliphatic heterocycles. The van der Waals surface area contributed by atoms with Gasteiger partial charge in [0.25, 0.3) is 0 Å². The summed E-state index contributed by atoms with van der Waals surface area (Å²) in [5, 5.41) is 9.24. The fourth-order valence-electron chi connectivity index (χ4n) is 1.21. The quantitative estimate of drug-likeness (QED) is 0.675. The highest BCUT2D eigenvalue weighted by atomic mass is 19.4. The molecule has 1 heterocycles.